The minimum absolute atomic E-state index is 0.00646. The molecule has 0 N–H and O–H groups in total. The maximum Gasteiger partial charge on any atom is 0.200 e. The maximum atomic E-state index is 12.0. The Bertz CT molecular complexity index is 576. The van der Waals surface area contributed by atoms with Gasteiger partial charge in [-0.05, 0) is 30.2 Å². The quantitative estimate of drug-likeness (QED) is 0.719. The molecule has 2 aromatic carbocycles. The summed E-state index contributed by atoms with van der Waals surface area (Å²) in [6, 6.07) is 15.2. The average molecular weight is 333 g/mol. The van der Waals surface area contributed by atoms with E-state index in [0.29, 0.717) is 11.3 Å². The van der Waals surface area contributed by atoms with Crippen molar-refractivity contribution in [1.82, 2.24) is 0 Å². The second kappa shape index (κ2) is 7.25. The van der Waals surface area contributed by atoms with Crippen molar-refractivity contribution in [3.63, 3.8) is 0 Å². The van der Waals surface area contributed by atoms with Crippen molar-refractivity contribution in [3.8, 4) is 5.75 Å². The first kappa shape index (κ1) is 14.8. The molecule has 0 amide bonds. The van der Waals surface area contributed by atoms with E-state index in [4.69, 9.17) is 4.74 Å². The predicted octanol–water partition coefficient (Wildman–Crippen LogP) is 4.66. The van der Waals surface area contributed by atoms with E-state index >= 15 is 0 Å². The van der Waals surface area contributed by atoms with E-state index in [9.17, 15) is 4.79 Å². The van der Waals surface area contributed by atoms with Crippen molar-refractivity contribution >= 4 is 21.7 Å². The smallest absolute Gasteiger partial charge is 0.200 e. The molecule has 2 nitrogen and oxygen atoms in total. The Morgan fingerprint density at radius 1 is 1.15 bits per heavy atom. The third-order valence-electron chi connectivity index (χ3n) is 2.98. The summed E-state index contributed by atoms with van der Waals surface area (Å²) >= 11 is 3.37. The molecule has 0 aliphatic carbocycles. The Morgan fingerprint density at radius 2 is 1.90 bits per heavy atom. The maximum absolute atomic E-state index is 12.0. The van der Waals surface area contributed by atoms with Crippen molar-refractivity contribution in [3.05, 3.63) is 64.1 Å². The van der Waals surface area contributed by atoms with E-state index in [1.54, 1.807) is 0 Å². The Kier molecular flexibility index (Phi) is 5.36. The van der Waals surface area contributed by atoms with Gasteiger partial charge in [0.2, 0.25) is 0 Å². The van der Waals surface area contributed by atoms with E-state index in [2.05, 4.69) is 22.9 Å². The molecule has 0 saturated heterocycles. The summed E-state index contributed by atoms with van der Waals surface area (Å²) in [4.78, 5) is 12.0. The molecule has 2 rings (SSSR count). The zero-order valence-corrected chi connectivity index (χ0v) is 13.0. The van der Waals surface area contributed by atoms with E-state index in [0.717, 1.165) is 17.3 Å². The highest BCUT2D eigenvalue weighted by Crippen LogP contribution is 2.18. The number of ketones is 1. The van der Waals surface area contributed by atoms with E-state index in [1.807, 2.05) is 48.5 Å². The fraction of sp³-hybridized carbons (Fsp3) is 0.235. The molecular formula is C17H17BrO2. The number of hydrogen-bond donors (Lipinski definition) is 0. The predicted molar refractivity (Wildman–Crippen MR) is 84.4 cm³/mol. The van der Waals surface area contributed by atoms with Crippen LogP contribution in [-0.2, 0) is 6.42 Å². The van der Waals surface area contributed by atoms with Crippen molar-refractivity contribution in [2.24, 2.45) is 0 Å². The lowest BCUT2D eigenvalue weighted by Gasteiger charge is -2.06. The van der Waals surface area contributed by atoms with Gasteiger partial charge in [0.25, 0.3) is 0 Å². The van der Waals surface area contributed by atoms with Crippen molar-refractivity contribution in [2.45, 2.75) is 19.8 Å². The molecule has 0 aliphatic rings. The second-order valence-electron chi connectivity index (χ2n) is 4.62. The van der Waals surface area contributed by atoms with Crippen LogP contribution in [0.4, 0.5) is 0 Å². The summed E-state index contributed by atoms with van der Waals surface area (Å²) in [5, 5.41) is 0. The topological polar surface area (TPSA) is 26.3 Å². The molecular weight excluding hydrogens is 316 g/mol. The molecule has 0 heterocycles. The molecule has 20 heavy (non-hydrogen) atoms. The summed E-state index contributed by atoms with van der Waals surface area (Å²) in [7, 11) is 0. The minimum atomic E-state index is -0.00646. The van der Waals surface area contributed by atoms with Crippen LogP contribution in [0.5, 0.6) is 5.75 Å². The lowest BCUT2D eigenvalue weighted by atomic mass is 10.1. The average Bonchev–Trinajstić information content (AvgIpc) is 2.46. The van der Waals surface area contributed by atoms with Crippen molar-refractivity contribution < 1.29 is 9.53 Å². The molecule has 0 fully saturated rings. The largest absolute Gasteiger partial charge is 0.485 e. The Balaban J connectivity index is 1.94. The minimum Gasteiger partial charge on any atom is -0.485 e. The van der Waals surface area contributed by atoms with Crippen molar-refractivity contribution in [2.75, 3.05) is 6.61 Å². The van der Waals surface area contributed by atoms with Gasteiger partial charge >= 0.3 is 0 Å². The van der Waals surface area contributed by atoms with E-state index in [1.165, 1.54) is 5.56 Å². The second-order valence-corrected chi connectivity index (χ2v) is 5.53. The molecule has 0 radical (unpaired) electrons. The van der Waals surface area contributed by atoms with Crippen LogP contribution in [0.25, 0.3) is 0 Å². The molecule has 3 heteroatoms. The first-order valence-corrected chi connectivity index (χ1v) is 7.49. The molecule has 0 unspecified atom stereocenters. The number of rotatable bonds is 6. The normalized spacial score (nSPS) is 10.3. The monoisotopic (exact) mass is 332 g/mol. The van der Waals surface area contributed by atoms with Gasteiger partial charge in [0.1, 0.15) is 5.75 Å². The fourth-order valence-corrected chi connectivity index (χ4v) is 2.31. The molecule has 0 saturated carbocycles. The van der Waals surface area contributed by atoms with Gasteiger partial charge in [-0.25, -0.2) is 0 Å². The SMILES string of the molecule is CCCc1ccc(C(=O)COc2cccc(Br)c2)cc1. The fourth-order valence-electron chi connectivity index (χ4n) is 1.93. The van der Waals surface area contributed by atoms with Gasteiger partial charge in [-0.1, -0.05) is 59.6 Å². The van der Waals surface area contributed by atoms with E-state index < -0.39 is 0 Å². The molecule has 0 bridgehead atoms. The number of Topliss-reactive ketones (excluding diaryl/α,β-unsaturated/α-hetero) is 1. The highest BCUT2D eigenvalue weighted by molar-refractivity contribution is 9.10. The number of benzene rings is 2. The van der Waals surface area contributed by atoms with Crippen LogP contribution in [0.2, 0.25) is 0 Å². The van der Waals surface area contributed by atoms with Gasteiger partial charge in [-0.15, -0.1) is 0 Å². The first-order chi connectivity index (χ1) is 9.69. The molecule has 0 atom stereocenters. The van der Waals surface area contributed by atoms with E-state index in [-0.39, 0.29) is 12.4 Å². The third-order valence-corrected chi connectivity index (χ3v) is 3.47. The lowest BCUT2D eigenvalue weighted by Crippen LogP contribution is -2.11. The number of halogens is 1. The van der Waals surface area contributed by atoms with Crippen LogP contribution in [-0.4, -0.2) is 12.4 Å². The zero-order valence-electron chi connectivity index (χ0n) is 11.4. The molecule has 0 aromatic heterocycles. The van der Waals surface area contributed by atoms with Crippen molar-refractivity contribution in [1.29, 1.82) is 0 Å². The number of ether oxygens (including phenoxy) is 1. The Hall–Kier alpha value is -1.61. The van der Waals surface area contributed by atoms with Crippen LogP contribution in [0.15, 0.2) is 53.0 Å². The Labute approximate surface area is 127 Å². The van der Waals surface area contributed by atoms with Crippen LogP contribution >= 0.6 is 15.9 Å². The van der Waals surface area contributed by atoms with Gasteiger partial charge in [0.05, 0.1) is 0 Å². The summed E-state index contributed by atoms with van der Waals surface area (Å²) in [6.07, 6.45) is 2.16. The standard InChI is InChI=1S/C17H17BrO2/c1-2-4-13-7-9-14(10-8-13)17(19)12-20-16-6-3-5-15(18)11-16/h3,5-11H,2,4,12H2,1H3. The Morgan fingerprint density at radius 3 is 2.55 bits per heavy atom. The van der Waals surface area contributed by atoms with Gasteiger partial charge < -0.3 is 4.74 Å². The molecule has 0 aliphatic heterocycles. The van der Waals surface area contributed by atoms with Crippen LogP contribution in [0.1, 0.15) is 29.3 Å². The molecule has 104 valence electrons. The first-order valence-electron chi connectivity index (χ1n) is 6.69. The zero-order chi connectivity index (χ0) is 14.4. The number of carbonyl (C=O) groups is 1. The third kappa shape index (κ3) is 4.20. The summed E-state index contributed by atoms with van der Waals surface area (Å²) in [5.74, 6) is 0.684. The summed E-state index contributed by atoms with van der Waals surface area (Å²) < 4.78 is 6.44. The van der Waals surface area contributed by atoms with Gasteiger partial charge in [0, 0.05) is 10.0 Å². The molecule has 0 spiro atoms. The van der Waals surface area contributed by atoms with Crippen LogP contribution < -0.4 is 4.74 Å². The summed E-state index contributed by atoms with van der Waals surface area (Å²) in [5.41, 5.74) is 1.96. The van der Waals surface area contributed by atoms with Gasteiger partial charge in [-0.3, -0.25) is 4.79 Å². The highest BCUT2D eigenvalue weighted by Gasteiger charge is 2.07. The number of aryl methyl sites for hydroxylation is 1. The highest BCUT2D eigenvalue weighted by atomic mass is 79.9. The van der Waals surface area contributed by atoms with Gasteiger partial charge in [-0.2, -0.15) is 0 Å². The number of hydrogen-bond acceptors (Lipinski definition) is 2. The molecule has 2 aromatic rings. The lowest BCUT2D eigenvalue weighted by molar-refractivity contribution is 0.0921. The van der Waals surface area contributed by atoms with Crippen LogP contribution in [0, 0.1) is 0 Å². The van der Waals surface area contributed by atoms with Gasteiger partial charge in [0.15, 0.2) is 12.4 Å². The number of carbonyl (C=O) groups excluding carboxylic acids is 1. The van der Waals surface area contributed by atoms with Crippen LogP contribution in [0.3, 0.4) is 0 Å². The summed E-state index contributed by atoms with van der Waals surface area (Å²) in [6.45, 7) is 2.20.